The molecule has 1 N–H and O–H groups in total. The number of ether oxygens (including phenoxy) is 2. The Bertz CT molecular complexity index is 679. The van der Waals surface area contributed by atoms with Crippen LogP contribution in [0.5, 0.6) is 11.5 Å². The van der Waals surface area contributed by atoms with Gasteiger partial charge in [0.05, 0.1) is 19.4 Å². The zero-order chi connectivity index (χ0) is 17.9. The van der Waals surface area contributed by atoms with Gasteiger partial charge in [0.25, 0.3) is 5.91 Å². The van der Waals surface area contributed by atoms with E-state index < -0.39 is 0 Å². The summed E-state index contributed by atoms with van der Waals surface area (Å²) < 4.78 is 11.0. The van der Waals surface area contributed by atoms with Crippen molar-refractivity contribution in [2.45, 2.75) is 26.7 Å². The van der Waals surface area contributed by atoms with E-state index in [1.54, 1.807) is 30.5 Å². The molecule has 0 spiro atoms. The molecule has 0 saturated heterocycles. The van der Waals surface area contributed by atoms with Crippen LogP contribution < -0.4 is 14.9 Å². The van der Waals surface area contributed by atoms with E-state index in [0.29, 0.717) is 18.8 Å². The highest BCUT2D eigenvalue weighted by Crippen LogP contribution is 2.13. The van der Waals surface area contributed by atoms with E-state index in [9.17, 15) is 4.79 Å². The lowest BCUT2D eigenvalue weighted by Crippen LogP contribution is -2.17. The molecule has 0 fully saturated rings. The van der Waals surface area contributed by atoms with E-state index >= 15 is 0 Å². The fourth-order valence-corrected chi connectivity index (χ4v) is 2.02. The molecule has 0 unspecified atom stereocenters. The van der Waals surface area contributed by atoms with Crippen LogP contribution in [0, 0.1) is 0 Å². The lowest BCUT2D eigenvalue weighted by molar-refractivity contribution is 0.0955. The molecule has 0 atom stereocenters. The minimum Gasteiger partial charge on any atom is -0.494 e. The first-order chi connectivity index (χ1) is 12.2. The number of carbonyl (C=O) groups is 1. The number of nitrogens with one attached hydrogen (secondary N) is 1. The van der Waals surface area contributed by atoms with E-state index in [0.717, 1.165) is 29.9 Å². The summed E-state index contributed by atoms with van der Waals surface area (Å²) in [5.41, 5.74) is 3.93. The first kappa shape index (κ1) is 18.5. The van der Waals surface area contributed by atoms with Gasteiger partial charge in [0.2, 0.25) is 0 Å². The topological polar surface area (TPSA) is 59.9 Å². The van der Waals surface area contributed by atoms with Crippen molar-refractivity contribution in [3.8, 4) is 11.5 Å². The highest BCUT2D eigenvalue weighted by atomic mass is 16.5. The zero-order valence-electron chi connectivity index (χ0n) is 14.7. The van der Waals surface area contributed by atoms with Crippen molar-refractivity contribution in [1.29, 1.82) is 0 Å². The molecule has 2 aromatic carbocycles. The SMILES string of the molecule is CCCOc1ccc(/C=N/NC(=O)c2ccc(OCCC)cc2)cc1. The quantitative estimate of drug-likeness (QED) is 0.554. The lowest BCUT2D eigenvalue weighted by Gasteiger charge is -2.05. The van der Waals surface area contributed by atoms with Crippen molar-refractivity contribution in [2.24, 2.45) is 5.10 Å². The molecule has 5 heteroatoms. The second-order valence-corrected chi connectivity index (χ2v) is 5.49. The second-order valence-electron chi connectivity index (χ2n) is 5.49. The monoisotopic (exact) mass is 340 g/mol. The number of hydrogen-bond acceptors (Lipinski definition) is 4. The van der Waals surface area contributed by atoms with E-state index in [-0.39, 0.29) is 5.91 Å². The Morgan fingerprint density at radius 2 is 1.44 bits per heavy atom. The van der Waals surface area contributed by atoms with Crippen LogP contribution in [0.25, 0.3) is 0 Å². The van der Waals surface area contributed by atoms with Crippen LogP contribution in [0.15, 0.2) is 53.6 Å². The molecule has 132 valence electrons. The van der Waals surface area contributed by atoms with Gasteiger partial charge in [-0.1, -0.05) is 13.8 Å². The van der Waals surface area contributed by atoms with Gasteiger partial charge in [-0.15, -0.1) is 0 Å². The Balaban J connectivity index is 1.85. The van der Waals surface area contributed by atoms with Crippen molar-refractivity contribution in [2.75, 3.05) is 13.2 Å². The Morgan fingerprint density at radius 1 is 0.920 bits per heavy atom. The highest BCUT2D eigenvalue weighted by molar-refractivity contribution is 5.95. The molecule has 2 rings (SSSR count). The first-order valence-electron chi connectivity index (χ1n) is 8.52. The zero-order valence-corrected chi connectivity index (χ0v) is 14.7. The molecule has 0 aliphatic heterocycles. The fourth-order valence-electron chi connectivity index (χ4n) is 2.02. The molecule has 0 bridgehead atoms. The maximum Gasteiger partial charge on any atom is 0.271 e. The Labute approximate surface area is 148 Å². The summed E-state index contributed by atoms with van der Waals surface area (Å²) in [7, 11) is 0. The summed E-state index contributed by atoms with van der Waals surface area (Å²) in [6.07, 6.45) is 3.52. The Hall–Kier alpha value is -2.82. The van der Waals surface area contributed by atoms with Crippen molar-refractivity contribution < 1.29 is 14.3 Å². The molecule has 2 aromatic rings. The van der Waals surface area contributed by atoms with Crippen LogP contribution in [0.4, 0.5) is 0 Å². The number of hydrazone groups is 1. The number of hydrogen-bond donors (Lipinski definition) is 1. The number of benzene rings is 2. The molecule has 25 heavy (non-hydrogen) atoms. The highest BCUT2D eigenvalue weighted by Gasteiger charge is 2.04. The van der Waals surface area contributed by atoms with Crippen molar-refractivity contribution >= 4 is 12.1 Å². The van der Waals surface area contributed by atoms with Gasteiger partial charge in [-0.25, -0.2) is 5.43 Å². The molecule has 1 amide bonds. The standard InChI is InChI=1S/C20H24N2O3/c1-3-13-24-18-9-5-16(6-10-18)15-21-22-20(23)17-7-11-19(12-8-17)25-14-4-2/h5-12,15H,3-4,13-14H2,1-2H3,(H,22,23)/b21-15+. The molecule has 0 aromatic heterocycles. The second kappa shape index (κ2) is 10.1. The average molecular weight is 340 g/mol. The van der Waals surface area contributed by atoms with E-state index in [2.05, 4.69) is 17.5 Å². The van der Waals surface area contributed by atoms with Gasteiger partial charge in [0, 0.05) is 5.56 Å². The van der Waals surface area contributed by atoms with Crippen molar-refractivity contribution in [3.05, 3.63) is 59.7 Å². The van der Waals surface area contributed by atoms with Crippen LogP contribution in [0.1, 0.15) is 42.6 Å². The summed E-state index contributed by atoms with van der Waals surface area (Å²) in [4.78, 5) is 12.0. The molecule has 0 aliphatic rings. The van der Waals surface area contributed by atoms with Gasteiger partial charge in [-0.05, 0) is 66.9 Å². The van der Waals surface area contributed by atoms with E-state index in [1.165, 1.54) is 0 Å². The number of amides is 1. The summed E-state index contributed by atoms with van der Waals surface area (Å²) >= 11 is 0. The smallest absolute Gasteiger partial charge is 0.271 e. The summed E-state index contributed by atoms with van der Waals surface area (Å²) in [5.74, 6) is 1.32. The predicted molar refractivity (Wildman–Crippen MR) is 99.5 cm³/mol. The fraction of sp³-hybridized carbons (Fsp3) is 0.300. The molecule has 0 saturated carbocycles. The average Bonchev–Trinajstić information content (AvgIpc) is 2.66. The number of rotatable bonds is 9. The normalized spacial score (nSPS) is 10.6. The third-order valence-corrected chi connectivity index (χ3v) is 3.32. The Morgan fingerprint density at radius 3 is 1.96 bits per heavy atom. The van der Waals surface area contributed by atoms with Crippen molar-refractivity contribution in [1.82, 2.24) is 5.43 Å². The lowest BCUT2D eigenvalue weighted by atomic mass is 10.2. The van der Waals surface area contributed by atoms with Gasteiger partial charge < -0.3 is 9.47 Å². The molecule has 0 heterocycles. The predicted octanol–water partition coefficient (Wildman–Crippen LogP) is 4.03. The van der Waals surface area contributed by atoms with Crippen molar-refractivity contribution in [3.63, 3.8) is 0 Å². The molecular weight excluding hydrogens is 316 g/mol. The van der Waals surface area contributed by atoms with Crippen LogP contribution in [0.3, 0.4) is 0 Å². The summed E-state index contributed by atoms with van der Waals surface area (Å²) in [5, 5.41) is 3.99. The third kappa shape index (κ3) is 6.30. The molecule has 0 aliphatic carbocycles. The van der Waals surface area contributed by atoms with Crippen LogP contribution in [0.2, 0.25) is 0 Å². The number of carbonyl (C=O) groups excluding carboxylic acids is 1. The maximum absolute atomic E-state index is 12.0. The van der Waals surface area contributed by atoms with Gasteiger partial charge in [0.15, 0.2) is 0 Å². The maximum atomic E-state index is 12.0. The van der Waals surface area contributed by atoms with Gasteiger partial charge in [-0.3, -0.25) is 4.79 Å². The minimum atomic E-state index is -0.263. The van der Waals surface area contributed by atoms with Gasteiger partial charge in [-0.2, -0.15) is 5.10 Å². The van der Waals surface area contributed by atoms with E-state index in [4.69, 9.17) is 9.47 Å². The van der Waals surface area contributed by atoms with E-state index in [1.807, 2.05) is 31.2 Å². The third-order valence-electron chi connectivity index (χ3n) is 3.32. The number of nitrogens with zero attached hydrogens (tertiary/aromatic N) is 1. The minimum absolute atomic E-state index is 0.263. The summed E-state index contributed by atoms with van der Waals surface area (Å²) in [6.45, 7) is 5.48. The van der Waals surface area contributed by atoms with Gasteiger partial charge >= 0.3 is 0 Å². The molecular formula is C20H24N2O3. The van der Waals surface area contributed by atoms with Gasteiger partial charge in [0.1, 0.15) is 11.5 Å². The molecule has 5 nitrogen and oxygen atoms in total. The van der Waals surface area contributed by atoms with Crippen LogP contribution >= 0.6 is 0 Å². The first-order valence-corrected chi connectivity index (χ1v) is 8.52. The van der Waals surface area contributed by atoms with Crippen LogP contribution in [-0.4, -0.2) is 25.3 Å². The van der Waals surface area contributed by atoms with Crippen LogP contribution in [-0.2, 0) is 0 Å². The Kier molecular flexibility index (Phi) is 7.50. The largest absolute Gasteiger partial charge is 0.494 e. The summed E-state index contributed by atoms with van der Waals surface area (Å²) in [6, 6.07) is 14.5. The molecule has 0 radical (unpaired) electrons.